The summed E-state index contributed by atoms with van der Waals surface area (Å²) in [6, 6.07) is 7.64. The van der Waals surface area contributed by atoms with Gasteiger partial charge in [-0.2, -0.15) is 0 Å². The van der Waals surface area contributed by atoms with E-state index in [-0.39, 0.29) is 11.6 Å². The van der Waals surface area contributed by atoms with Crippen LogP contribution in [0.25, 0.3) is 11.1 Å². The fourth-order valence-corrected chi connectivity index (χ4v) is 2.76. The predicted molar refractivity (Wildman–Crippen MR) is 91.4 cm³/mol. The molecule has 7 nitrogen and oxygen atoms in total. The number of cyclic esters (lactones) is 1. The quantitative estimate of drug-likeness (QED) is 0.570. The monoisotopic (exact) mass is 343 g/mol. The number of nitrogens with one attached hydrogen (secondary N) is 3. The van der Waals surface area contributed by atoms with Crippen LogP contribution >= 0.6 is 0 Å². The average molecular weight is 343 g/mol. The number of anilines is 1. The molecule has 1 fully saturated rings. The first kappa shape index (κ1) is 16.8. The maximum absolute atomic E-state index is 14.6. The largest absolute Gasteiger partial charge is 0.443 e. The van der Waals surface area contributed by atoms with Crippen LogP contribution in [0.15, 0.2) is 36.5 Å². The smallest absolute Gasteiger partial charge is 0.414 e. The van der Waals surface area contributed by atoms with Gasteiger partial charge in [-0.15, -0.1) is 0 Å². The summed E-state index contributed by atoms with van der Waals surface area (Å²) in [6.07, 6.45) is 1.74. The molecule has 0 bridgehead atoms. The highest BCUT2D eigenvalue weighted by Crippen LogP contribution is 2.28. The molecule has 1 aliphatic rings. The van der Waals surface area contributed by atoms with Gasteiger partial charge in [0.25, 0.3) is 0 Å². The first-order chi connectivity index (χ1) is 12.0. The number of benzene rings is 1. The lowest BCUT2D eigenvalue weighted by Crippen LogP contribution is -2.29. The number of amides is 1. The van der Waals surface area contributed by atoms with Crippen LogP contribution in [0.1, 0.15) is 0 Å². The number of halogens is 1. The van der Waals surface area contributed by atoms with Gasteiger partial charge in [0.2, 0.25) is 0 Å². The molecule has 0 saturated carbocycles. The first-order valence-corrected chi connectivity index (χ1v) is 7.73. The van der Waals surface area contributed by atoms with E-state index in [9.17, 15) is 9.18 Å². The Morgan fingerprint density at radius 1 is 1.40 bits per heavy atom. The van der Waals surface area contributed by atoms with Crippen LogP contribution in [-0.2, 0) is 4.74 Å². The highest BCUT2D eigenvalue weighted by molar-refractivity contribution is 5.90. The summed E-state index contributed by atoms with van der Waals surface area (Å²) < 4.78 is 21.1. The summed E-state index contributed by atoms with van der Waals surface area (Å²) in [6.45, 7) is 0.895. The second kappa shape index (κ2) is 6.86. The van der Waals surface area contributed by atoms with Gasteiger partial charge in [0.15, 0.2) is 0 Å². The van der Waals surface area contributed by atoms with Crippen LogP contribution in [-0.4, -0.2) is 43.2 Å². The summed E-state index contributed by atoms with van der Waals surface area (Å²) in [4.78, 5) is 13.4. The van der Waals surface area contributed by atoms with Gasteiger partial charge in [0, 0.05) is 23.9 Å². The molecule has 1 aromatic carbocycles. The van der Waals surface area contributed by atoms with Crippen LogP contribution < -0.4 is 15.7 Å². The van der Waals surface area contributed by atoms with Crippen molar-refractivity contribution in [2.75, 3.05) is 25.0 Å². The minimum absolute atomic E-state index is 0.131. The highest BCUT2D eigenvalue weighted by atomic mass is 19.1. The van der Waals surface area contributed by atoms with Crippen LogP contribution in [0.2, 0.25) is 0 Å². The maximum Gasteiger partial charge on any atom is 0.414 e. The molecule has 1 atom stereocenters. The van der Waals surface area contributed by atoms with E-state index < -0.39 is 11.9 Å². The van der Waals surface area contributed by atoms with Crippen molar-refractivity contribution >= 4 is 18.1 Å². The number of hydrogen-bond acceptors (Lipinski definition) is 5. The molecule has 8 heteroatoms. The van der Waals surface area contributed by atoms with Gasteiger partial charge in [-0.1, -0.05) is 0 Å². The molecule has 2 aromatic rings. The van der Waals surface area contributed by atoms with Crippen LogP contribution in [0.5, 0.6) is 0 Å². The van der Waals surface area contributed by atoms with Crippen molar-refractivity contribution in [3.63, 3.8) is 0 Å². The molecule has 1 aromatic heterocycles. The molecule has 1 aliphatic heterocycles. The Bertz CT molecular complexity index is 880. The van der Waals surface area contributed by atoms with Gasteiger partial charge in [0.1, 0.15) is 17.4 Å². The first-order valence-electron chi connectivity index (χ1n) is 7.73. The summed E-state index contributed by atoms with van der Waals surface area (Å²) in [5, 5.41) is 17.9. The van der Waals surface area contributed by atoms with E-state index in [0.717, 1.165) is 6.34 Å². The Hall–Kier alpha value is -3.00. The molecule has 130 valence electrons. The zero-order valence-electron chi connectivity index (χ0n) is 13.6. The molecule has 0 radical (unpaired) electrons. The zero-order valence-corrected chi connectivity index (χ0v) is 13.6. The van der Waals surface area contributed by atoms with Crippen molar-refractivity contribution in [2.45, 2.75) is 6.10 Å². The number of carbonyl (C=O) groups is 1. The lowest BCUT2D eigenvalue weighted by atomic mass is 10.1. The number of rotatable bonds is 5. The van der Waals surface area contributed by atoms with Crippen molar-refractivity contribution in [3.05, 3.63) is 47.8 Å². The minimum Gasteiger partial charge on any atom is -0.443 e. The number of aromatic nitrogens is 1. The van der Waals surface area contributed by atoms with E-state index in [1.807, 2.05) is 0 Å². The molecule has 1 amide bonds. The Balaban J connectivity index is 1.90. The summed E-state index contributed by atoms with van der Waals surface area (Å²) in [7, 11) is 1.77. The Morgan fingerprint density at radius 2 is 2.20 bits per heavy atom. The average Bonchev–Trinajstić information content (AvgIpc) is 2.96. The predicted octanol–water partition coefficient (Wildman–Crippen LogP) is 1.77. The SMILES string of the molecule is CNC[C@H]1CN(c2ccc(-c3ccc(=N)n(C=N)c3)c(F)c2)C(=O)O1. The van der Waals surface area contributed by atoms with Gasteiger partial charge in [-0.3, -0.25) is 20.3 Å². The van der Waals surface area contributed by atoms with E-state index in [0.29, 0.717) is 29.9 Å². The molecule has 3 N–H and O–H groups in total. The van der Waals surface area contributed by atoms with Gasteiger partial charge < -0.3 is 10.1 Å². The molecule has 1 saturated heterocycles. The standard InChI is InChI=1S/C17H18FN5O2/c1-21-7-13-9-23(17(24)25-13)12-3-4-14(15(18)6-12)11-2-5-16(20)22(8-11)10-19/h2-6,8,10,13,19-21H,7,9H2,1H3/t13-/m0/s1. The minimum atomic E-state index is -0.493. The van der Waals surface area contributed by atoms with E-state index in [2.05, 4.69) is 5.32 Å². The molecule has 0 aliphatic carbocycles. The second-order valence-corrected chi connectivity index (χ2v) is 5.68. The van der Waals surface area contributed by atoms with Crippen molar-refractivity contribution in [1.29, 1.82) is 10.8 Å². The van der Waals surface area contributed by atoms with Crippen molar-refractivity contribution in [1.82, 2.24) is 9.88 Å². The Kier molecular flexibility index (Phi) is 4.62. The summed E-state index contributed by atoms with van der Waals surface area (Å²) >= 11 is 0. The van der Waals surface area contributed by atoms with Crippen LogP contribution in [0, 0.1) is 16.6 Å². The van der Waals surface area contributed by atoms with E-state index >= 15 is 0 Å². The molecule has 25 heavy (non-hydrogen) atoms. The normalized spacial score (nSPS) is 16.8. The maximum atomic E-state index is 14.6. The number of ether oxygens (including phenoxy) is 1. The fourth-order valence-electron chi connectivity index (χ4n) is 2.76. The second-order valence-electron chi connectivity index (χ2n) is 5.68. The molecular weight excluding hydrogens is 325 g/mol. The van der Waals surface area contributed by atoms with Crippen molar-refractivity contribution in [3.8, 4) is 11.1 Å². The topological polar surface area (TPSA) is 94.2 Å². The third-order valence-electron chi connectivity index (χ3n) is 4.00. The van der Waals surface area contributed by atoms with Gasteiger partial charge >= 0.3 is 6.09 Å². The molecule has 0 spiro atoms. The lowest BCUT2D eigenvalue weighted by Gasteiger charge is -2.14. The summed E-state index contributed by atoms with van der Waals surface area (Å²) in [5.74, 6) is -0.489. The van der Waals surface area contributed by atoms with E-state index in [1.165, 1.54) is 27.8 Å². The number of nitrogens with zero attached hydrogens (tertiary/aromatic N) is 2. The van der Waals surface area contributed by atoms with E-state index in [4.69, 9.17) is 15.6 Å². The number of likely N-dealkylation sites (N-methyl/N-ethyl adjacent to an activating group) is 1. The third kappa shape index (κ3) is 3.29. The van der Waals surface area contributed by atoms with Gasteiger partial charge in [-0.25, -0.2) is 9.18 Å². The fraction of sp³-hybridized carbons (Fsp3) is 0.235. The highest BCUT2D eigenvalue weighted by Gasteiger charge is 2.32. The number of pyridine rings is 1. The van der Waals surface area contributed by atoms with Crippen LogP contribution in [0.4, 0.5) is 14.9 Å². The van der Waals surface area contributed by atoms with Crippen molar-refractivity contribution in [2.24, 2.45) is 0 Å². The number of hydrogen-bond donors (Lipinski definition) is 3. The molecule has 0 unspecified atom stereocenters. The van der Waals surface area contributed by atoms with E-state index in [1.54, 1.807) is 25.2 Å². The van der Waals surface area contributed by atoms with Gasteiger partial charge in [-0.05, 0) is 37.4 Å². The molecule has 2 heterocycles. The van der Waals surface area contributed by atoms with Crippen molar-refractivity contribution < 1.29 is 13.9 Å². The molecular formula is C17H18FN5O2. The van der Waals surface area contributed by atoms with Crippen LogP contribution in [0.3, 0.4) is 0 Å². The van der Waals surface area contributed by atoms with Gasteiger partial charge in [0.05, 0.1) is 18.6 Å². The molecule has 3 rings (SSSR count). The summed E-state index contributed by atoms with van der Waals surface area (Å²) in [5.41, 5.74) is 1.44. The number of carbonyl (C=O) groups excluding carboxylic acids is 1. The zero-order chi connectivity index (χ0) is 18.0. The lowest BCUT2D eigenvalue weighted by molar-refractivity contribution is 0.141. The Labute approximate surface area is 143 Å². The third-order valence-corrected chi connectivity index (χ3v) is 4.00. The Morgan fingerprint density at radius 3 is 2.88 bits per heavy atom.